The van der Waals surface area contributed by atoms with Crippen LogP contribution in [0.2, 0.25) is 0 Å². The quantitative estimate of drug-likeness (QED) is 0.628. The highest BCUT2D eigenvalue weighted by Gasteiger charge is 2.20. The first-order valence-corrected chi connectivity index (χ1v) is 3.70. The summed E-state index contributed by atoms with van der Waals surface area (Å²) in [5.41, 5.74) is 0.111. The molecule has 0 fully saturated rings. The van der Waals surface area contributed by atoms with Gasteiger partial charge < -0.3 is 5.11 Å². The van der Waals surface area contributed by atoms with Crippen LogP contribution in [-0.4, -0.2) is 10.1 Å². The minimum atomic E-state index is -1.26. The van der Waals surface area contributed by atoms with Crippen molar-refractivity contribution in [3.05, 3.63) is 29.6 Å². The van der Waals surface area contributed by atoms with Crippen molar-refractivity contribution in [3.8, 4) is 12.3 Å². The maximum Gasteiger partial charge on any atom is 0.164 e. The molecule has 0 amide bonds. The molecule has 0 saturated carbocycles. The van der Waals surface area contributed by atoms with E-state index in [0.29, 0.717) is 5.69 Å². The Balaban J connectivity index is 3.14. The molecule has 1 N–H and O–H groups in total. The molecule has 1 rings (SSSR count). The highest BCUT2D eigenvalue weighted by Crippen LogP contribution is 2.16. The molecule has 0 bridgehead atoms. The van der Waals surface area contributed by atoms with E-state index in [1.54, 1.807) is 13.0 Å². The summed E-state index contributed by atoms with van der Waals surface area (Å²) in [7, 11) is 0. The van der Waals surface area contributed by atoms with Gasteiger partial charge >= 0.3 is 0 Å². The predicted molar refractivity (Wildman–Crippen MR) is 47.4 cm³/mol. The number of aliphatic hydroxyl groups is 1. The number of nitrogens with zero attached hydrogens (tertiary/aromatic N) is 1. The second kappa shape index (κ2) is 2.96. The lowest BCUT2D eigenvalue weighted by molar-refractivity contribution is 0.117. The molecular formula is C10H11NO. The van der Waals surface area contributed by atoms with Crippen LogP contribution in [0.3, 0.4) is 0 Å². The molecule has 0 aromatic carbocycles. The molecule has 62 valence electrons. The first kappa shape index (κ1) is 8.76. The van der Waals surface area contributed by atoms with Crippen molar-refractivity contribution in [2.24, 2.45) is 0 Å². The number of terminal acetylenes is 1. The summed E-state index contributed by atoms with van der Waals surface area (Å²) in [6.07, 6.45) is 5.15. The number of rotatable bonds is 1. The summed E-state index contributed by atoms with van der Waals surface area (Å²) in [6.45, 7) is 3.41. The van der Waals surface area contributed by atoms with E-state index in [2.05, 4.69) is 10.9 Å². The summed E-state index contributed by atoms with van der Waals surface area (Å²) in [6, 6.07) is 5.40. The molecular weight excluding hydrogens is 150 g/mol. The van der Waals surface area contributed by atoms with Crippen LogP contribution in [0.25, 0.3) is 0 Å². The Labute approximate surface area is 72.3 Å². The summed E-state index contributed by atoms with van der Waals surface area (Å²) in [5, 5.41) is 9.62. The van der Waals surface area contributed by atoms with Gasteiger partial charge in [0.1, 0.15) is 0 Å². The standard InChI is InChI=1S/C10H11NO/c1-4-10(3,12)9-7-5-6-8(2)11-9/h1,5-7,12H,2-3H3. The molecule has 0 aliphatic rings. The fraction of sp³-hybridized carbons (Fsp3) is 0.300. The molecule has 1 aromatic heterocycles. The summed E-state index contributed by atoms with van der Waals surface area (Å²) in [5.74, 6) is 2.28. The Hall–Kier alpha value is -1.33. The maximum absolute atomic E-state index is 9.62. The second-order valence-corrected chi connectivity index (χ2v) is 2.88. The fourth-order valence-corrected chi connectivity index (χ4v) is 0.888. The van der Waals surface area contributed by atoms with Gasteiger partial charge in [-0.3, -0.25) is 4.98 Å². The Bertz CT molecular complexity index is 323. The van der Waals surface area contributed by atoms with Crippen LogP contribution in [0.4, 0.5) is 0 Å². The zero-order chi connectivity index (χ0) is 9.19. The van der Waals surface area contributed by atoms with Crippen molar-refractivity contribution in [1.82, 2.24) is 4.98 Å². The van der Waals surface area contributed by atoms with E-state index in [4.69, 9.17) is 6.42 Å². The highest BCUT2D eigenvalue weighted by molar-refractivity contribution is 5.23. The second-order valence-electron chi connectivity index (χ2n) is 2.88. The van der Waals surface area contributed by atoms with Gasteiger partial charge in [-0.1, -0.05) is 12.0 Å². The van der Waals surface area contributed by atoms with Gasteiger partial charge in [0.2, 0.25) is 0 Å². The number of hydrogen-bond donors (Lipinski definition) is 1. The Morgan fingerprint density at radius 2 is 2.25 bits per heavy atom. The summed E-state index contributed by atoms with van der Waals surface area (Å²) >= 11 is 0. The largest absolute Gasteiger partial charge is 0.372 e. The van der Waals surface area contributed by atoms with Gasteiger partial charge in [0, 0.05) is 5.69 Å². The van der Waals surface area contributed by atoms with E-state index >= 15 is 0 Å². The van der Waals surface area contributed by atoms with Crippen LogP contribution in [0, 0.1) is 19.3 Å². The maximum atomic E-state index is 9.62. The van der Waals surface area contributed by atoms with Crippen LogP contribution in [0.15, 0.2) is 18.2 Å². The minimum Gasteiger partial charge on any atom is -0.372 e. The zero-order valence-electron chi connectivity index (χ0n) is 7.20. The minimum absolute atomic E-state index is 0.519. The van der Waals surface area contributed by atoms with E-state index in [1.807, 2.05) is 19.1 Å². The molecule has 1 unspecified atom stereocenters. The van der Waals surface area contributed by atoms with E-state index in [9.17, 15) is 5.11 Å². The highest BCUT2D eigenvalue weighted by atomic mass is 16.3. The monoisotopic (exact) mass is 161 g/mol. The molecule has 1 aromatic rings. The van der Waals surface area contributed by atoms with E-state index in [1.165, 1.54) is 0 Å². The SMILES string of the molecule is C#CC(C)(O)c1cccc(C)n1. The van der Waals surface area contributed by atoms with Crippen molar-refractivity contribution in [3.63, 3.8) is 0 Å². The van der Waals surface area contributed by atoms with Gasteiger partial charge in [-0.05, 0) is 26.0 Å². The summed E-state index contributed by atoms with van der Waals surface area (Å²) in [4.78, 5) is 4.12. The number of aryl methyl sites for hydroxylation is 1. The van der Waals surface area contributed by atoms with Gasteiger partial charge in [-0.2, -0.15) is 0 Å². The van der Waals surface area contributed by atoms with Crippen molar-refractivity contribution in [2.45, 2.75) is 19.4 Å². The third-order valence-electron chi connectivity index (χ3n) is 1.67. The first-order chi connectivity index (χ1) is 5.56. The third kappa shape index (κ3) is 1.63. The van der Waals surface area contributed by atoms with E-state index in [0.717, 1.165) is 5.69 Å². The molecule has 12 heavy (non-hydrogen) atoms. The van der Waals surface area contributed by atoms with Crippen LogP contribution in [-0.2, 0) is 5.60 Å². The molecule has 2 nitrogen and oxygen atoms in total. The smallest absolute Gasteiger partial charge is 0.164 e. The Morgan fingerprint density at radius 3 is 2.75 bits per heavy atom. The number of pyridine rings is 1. The summed E-state index contributed by atoms with van der Waals surface area (Å²) < 4.78 is 0. The van der Waals surface area contributed by atoms with Gasteiger partial charge in [-0.25, -0.2) is 0 Å². The van der Waals surface area contributed by atoms with Crippen LogP contribution in [0.5, 0.6) is 0 Å². The molecule has 1 heterocycles. The number of aromatic nitrogens is 1. The first-order valence-electron chi connectivity index (χ1n) is 3.70. The van der Waals surface area contributed by atoms with Crippen LogP contribution in [0.1, 0.15) is 18.3 Å². The predicted octanol–water partition coefficient (Wildman–Crippen LogP) is 1.23. The van der Waals surface area contributed by atoms with Crippen molar-refractivity contribution in [2.75, 3.05) is 0 Å². The van der Waals surface area contributed by atoms with Crippen LogP contribution >= 0.6 is 0 Å². The fourth-order valence-electron chi connectivity index (χ4n) is 0.888. The van der Waals surface area contributed by atoms with Gasteiger partial charge in [-0.15, -0.1) is 6.42 Å². The topological polar surface area (TPSA) is 33.1 Å². The van der Waals surface area contributed by atoms with Gasteiger partial charge in [0.15, 0.2) is 5.60 Å². The molecule has 0 aliphatic heterocycles. The average Bonchev–Trinajstić information content (AvgIpc) is 2.05. The lowest BCUT2D eigenvalue weighted by Gasteiger charge is -2.15. The number of hydrogen-bond acceptors (Lipinski definition) is 2. The lowest BCUT2D eigenvalue weighted by atomic mass is 10.0. The lowest BCUT2D eigenvalue weighted by Crippen LogP contribution is -2.20. The normalized spacial score (nSPS) is 14.8. The third-order valence-corrected chi connectivity index (χ3v) is 1.67. The van der Waals surface area contributed by atoms with Crippen molar-refractivity contribution >= 4 is 0 Å². The average molecular weight is 161 g/mol. The molecule has 0 saturated heterocycles. The molecule has 1 atom stereocenters. The van der Waals surface area contributed by atoms with E-state index in [-0.39, 0.29) is 0 Å². The Morgan fingerprint density at radius 1 is 1.58 bits per heavy atom. The molecule has 0 radical (unpaired) electrons. The van der Waals surface area contributed by atoms with Gasteiger partial charge in [0.05, 0.1) is 5.69 Å². The van der Waals surface area contributed by atoms with Crippen LogP contribution < -0.4 is 0 Å². The van der Waals surface area contributed by atoms with Gasteiger partial charge in [0.25, 0.3) is 0 Å². The molecule has 2 heteroatoms. The van der Waals surface area contributed by atoms with E-state index < -0.39 is 5.60 Å². The molecule has 0 spiro atoms. The Kier molecular flexibility index (Phi) is 2.16. The van der Waals surface area contributed by atoms with Crippen molar-refractivity contribution < 1.29 is 5.11 Å². The van der Waals surface area contributed by atoms with Crippen molar-refractivity contribution in [1.29, 1.82) is 0 Å². The molecule has 0 aliphatic carbocycles. The zero-order valence-corrected chi connectivity index (χ0v) is 7.20.